The number of thiol groups is 1. The number of hydrogen-bond acceptors (Lipinski definition) is 5. The van der Waals surface area contributed by atoms with Crippen LogP contribution in [0.5, 0.6) is 0 Å². The normalized spacial score (nSPS) is 26.3. The molecule has 0 amide bonds. The molecule has 4 nitrogen and oxygen atoms in total. The maximum atomic E-state index is 10.7. The summed E-state index contributed by atoms with van der Waals surface area (Å²) in [4.78, 5) is 11.6. The van der Waals surface area contributed by atoms with Gasteiger partial charge in [-0.15, -0.1) is 12.6 Å². The highest BCUT2D eigenvalue weighted by Gasteiger charge is 2.35. The molecule has 3 N–H and O–H groups in total. The van der Waals surface area contributed by atoms with Crippen LogP contribution in [-0.2, 0) is 4.79 Å². The molecule has 1 aliphatic heterocycles. The molecular formula is C20H30N2O2S2. The summed E-state index contributed by atoms with van der Waals surface area (Å²) >= 11 is 5.15. The van der Waals surface area contributed by atoms with Crippen molar-refractivity contribution < 1.29 is 15.2 Å². The van der Waals surface area contributed by atoms with E-state index in [0.717, 1.165) is 34.4 Å². The summed E-state index contributed by atoms with van der Waals surface area (Å²) in [7, 11) is 0. The van der Waals surface area contributed by atoms with Gasteiger partial charge in [-0.2, -0.15) is 0 Å². The van der Waals surface area contributed by atoms with Crippen LogP contribution < -0.4 is 15.7 Å². The number of hydrogen-bond donors (Lipinski definition) is 3. The minimum Gasteiger partial charge on any atom is -0.546 e. The summed E-state index contributed by atoms with van der Waals surface area (Å²) < 4.78 is -1.33. The third-order valence-corrected chi connectivity index (χ3v) is 7.28. The third-order valence-electron chi connectivity index (χ3n) is 5.57. The van der Waals surface area contributed by atoms with Gasteiger partial charge in [0.05, 0.1) is 18.1 Å². The molecule has 26 heavy (non-hydrogen) atoms. The molecular weight excluding hydrogens is 364 g/mol. The van der Waals surface area contributed by atoms with Crippen molar-refractivity contribution in [1.82, 2.24) is 0 Å². The van der Waals surface area contributed by atoms with E-state index < -0.39 is 10.2 Å². The Balaban J connectivity index is 0.000000151. The largest absolute Gasteiger partial charge is 0.546 e. The second-order valence-electron chi connectivity index (χ2n) is 7.64. The molecule has 4 rings (SSSR count). The smallest absolute Gasteiger partial charge is 0.173 e. The van der Waals surface area contributed by atoms with Crippen molar-refractivity contribution in [1.29, 1.82) is 0 Å². The Labute approximate surface area is 166 Å². The van der Waals surface area contributed by atoms with Crippen LogP contribution in [0.4, 0.5) is 5.69 Å². The highest BCUT2D eigenvalue weighted by molar-refractivity contribution is 8.13. The van der Waals surface area contributed by atoms with Gasteiger partial charge >= 0.3 is 0 Å². The molecule has 1 atom stereocenters. The molecule has 144 valence electrons. The van der Waals surface area contributed by atoms with E-state index in [-0.39, 0.29) is 0 Å². The van der Waals surface area contributed by atoms with Crippen molar-refractivity contribution in [2.45, 2.75) is 85.4 Å². The number of carbonyl (C=O) groups excluding carboxylic acids is 1. The molecule has 2 fully saturated rings. The Morgan fingerprint density at radius 3 is 2.08 bits per heavy atom. The molecule has 2 saturated carbocycles. The monoisotopic (exact) mass is 394 g/mol. The zero-order valence-corrected chi connectivity index (χ0v) is 17.0. The SMILES string of the molecule is C1CCC([NH2+]C2CCCCC2)CC1.O=C([O-])C1(S)Nc2ccccc2S1. The van der Waals surface area contributed by atoms with Crippen molar-refractivity contribution in [2.24, 2.45) is 0 Å². The molecule has 0 spiro atoms. The first-order valence-corrected chi connectivity index (χ1v) is 11.2. The van der Waals surface area contributed by atoms with Gasteiger partial charge in [-0.3, -0.25) is 0 Å². The van der Waals surface area contributed by atoms with Gasteiger partial charge in [0.25, 0.3) is 0 Å². The summed E-state index contributed by atoms with van der Waals surface area (Å²) in [6, 6.07) is 9.33. The molecule has 1 aromatic carbocycles. The number of nitrogens with one attached hydrogen (secondary N) is 1. The number of carboxylic acid groups (broad SMARTS) is 1. The number of aliphatic carboxylic acids is 1. The zero-order valence-electron chi connectivity index (χ0n) is 15.3. The van der Waals surface area contributed by atoms with Crippen LogP contribution >= 0.6 is 24.4 Å². The van der Waals surface area contributed by atoms with Gasteiger partial charge in [-0.1, -0.05) is 36.7 Å². The highest BCUT2D eigenvalue weighted by atomic mass is 32.2. The molecule has 1 unspecified atom stereocenters. The fraction of sp³-hybridized carbons (Fsp3) is 0.650. The molecule has 0 aromatic heterocycles. The summed E-state index contributed by atoms with van der Waals surface area (Å²) in [5, 5.41) is 16.2. The molecule has 1 aromatic rings. The van der Waals surface area contributed by atoms with Crippen molar-refractivity contribution in [3.63, 3.8) is 0 Å². The topological polar surface area (TPSA) is 68.8 Å². The number of anilines is 1. The Morgan fingerprint density at radius 1 is 1.04 bits per heavy atom. The van der Waals surface area contributed by atoms with Crippen LogP contribution in [0, 0.1) is 0 Å². The summed E-state index contributed by atoms with van der Waals surface area (Å²) in [6.07, 6.45) is 15.0. The number of para-hydroxylation sites is 1. The number of nitrogens with two attached hydrogens (primary N) is 1. The van der Waals surface area contributed by atoms with Crippen LogP contribution in [0.15, 0.2) is 29.2 Å². The fourth-order valence-corrected chi connectivity index (χ4v) is 5.51. The number of thioether (sulfide) groups is 1. The number of carbonyl (C=O) groups is 1. The lowest BCUT2D eigenvalue weighted by Crippen LogP contribution is -2.95. The Hall–Kier alpha value is -0.850. The van der Waals surface area contributed by atoms with Gasteiger partial charge in [0.1, 0.15) is 0 Å². The second-order valence-corrected chi connectivity index (χ2v) is 9.87. The van der Waals surface area contributed by atoms with Gasteiger partial charge < -0.3 is 20.5 Å². The fourth-order valence-electron chi connectivity index (χ4n) is 4.16. The van der Waals surface area contributed by atoms with E-state index in [1.54, 1.807) is 0 Å². The average Bonchev–Trinajstić information content (AvgIpc) is 3.02. The lowest BCUT2D eigenvalue weighted by Gasteiger charge is -2.27. The van der Waals surface area contributed by atoms with Crippen molar-refractivity contribution in [3.8, 4) is 0 Å². The van der Waals surface area contributed by atoms with Crippen molar-refractivity contribution >= 4 is 36.0 Å². The van der Waals surface area contributed by atoms with Crippen molar-refractivity contribution in [2.75, 3.05) is 5.32 Å². The Bertz CT molecular complexity index is 558. The van der Waals surface area contributed by atoms with Gasteiger partial charge in [0.2, 0.25) is 0 Å². The summed E-state index contributed by atoms with van der Waals surface area (Å²) in [5.74, 6) is -1.22. The molecule has 1 heterocycles. The van der Waals surface area contributed by atoms with Crippen LogP contribution in [0.1, 0.15) is 64.2 Å². The lowest BCUT2D eigenvalue weighted by molar-refractivity contribution is -0.725. The summed E-state index contributed by atoms with van der Waals surface area (Å²) in [6.45, 7) is 0. The molecule has 0 saturated heterocycles. The van der Waals surface area contributed by atoms with E-state index >= 15 is 0 Å². The van der Waals surface area contributed by atoms with Crippen LogP contribution in [-0.4, -0.2) is 22.3 Å². The Kier molecular flexibility index (Phi) is 7.18. The molecule has 3 aliphatic rings. The minimum absolute atomic E-state index is 0.784. The molecule has 2 aliphatic carbocycles. The number of rotatable bonds is 3. The van der Waals surface area contributed by atoms with Gasteiger partial charge in [-0.05, 0) is 63.5 Å². The van der Waals surface area contributed by atoms with E-state index in [1.165, 1.54) is 64.2 Å². The summed E-state index contributed by atoms with van der Waals surface area (Å²) in [5.41, 5.74) is 0.784. The van der Waals surface area contributed by atoms with E-state index in [2.05, 4.69) is 23.3 Å². The molecule has 6 heteroatoms. The average molecular weight is 395 g/mol. The van der Waals surface area contributed by atoms with E-state index in [1.807, 2.05) is 24.3 Å². The van der Waals surface area contributed by atoms with Crippen LogP contribution in [0.25, 0.3) is 0 Å². The standard InChI is InChI=1S/C12H23N.C8H7NO2S2/c1-3-7-11(8-4-1)13-12-9-5-2-6-10-12;10-7(11)8(12)9-5-3-1-2-4-6(5)13-8/h11-13H,1-10H2;1-4,9,12H,(H,10,11). The first-order chi connectivity index (χ1) is 12.6. The predicted molar refractivity (Wildman–Crippen MR) is 108 cm³/mol. The molecule has 0 bridgehead atoms. The van der Waals surface area contributed by atoms with Gasteiger partial charge in [0, 0.05) is 10.6 Å². The maximum Gasteiger partial charge on any atom is 0.173 e. The van der Waals surface area contributed by atoms with E-state index in [4.69, 9.17) is 0 Å². The second kappa shape index (κ2) is 9.38. The van der Waals surface area contributed by atoms with Crippen LogP contribution in [0.2, 0.25) is 0 Å². The third kappa shape index (κ3) is 5.33. The highest BCUT2D eigenvalue weighted by Crippen LogP contribution is 2.46. The van der Waals surface area contributed by atoms with E-state index in [9.17, 15) is 9.90 Å². The number of carboxylic acids is 1. The first-order valence-electron chi connectivity index (χ1n) is 9.92. The maximum absolute atomic E-state index is 10.7. The van der Waals surface area contributed by atoms with Crippen LogP contribution in [0.3, 0.4) is 0 Å². The first kappa shape index (κ1) is 19.9. The molecule has 0 radical (unpaired) electrons. The van der Waals surface area contributed by atoms with E-state index in [0.29, 0.717) is 0 Å². The number of benzene rings is 1. The quantitative estimate of drug-likeness (QED) is 0.690. The lowest BCUT2D eigenvalue weighted by atomic mass is 9.91. The van der Waals surface area contributed by atoms with Gasteiger partial charge in [-0.25, -0.2) is 0 Å². The van der Waals surface area contributed by atoms with Crippen molar-refractivity contribution in [3.05, 3.63) is 24.3 Å². The Morgan fingerprint density at radius 2 is 1.58 bits per heavy atom. The number of fused-ring (bicyclic) bond motifs is 1. The number of quaternary nitrogens is 1. The predicted octanol–water partition coefficient (Wildman–Crippen LogP) is 2.75. The minimum atomic E-state index is -1.33. The van der Waals surface area contributed by atoms with Gasteiger partial charge in [0.15, 0.2) is 4.20 Å². The zero-order chi connectivity index (χ0) is 18.4.